The van der Waals surface area contributed by atoms with Crippen molar-refractivity contribution in [3.63, 3.8) is 0 Å². The summed E-state index contributed by atoms with van der Waals surface area (Å²) >= 11 is 0. The molecule has 188 valence electrons. The third kappa shape index (κ3) is 3.98. The Morgan fingerprint density at radius 1 is 1.14 bits per heavy atom. The third-order valence-corrected chi connectivity index (χ3v) is 6.85. The first-order valence-electron chi connectivity index (χ1n) is 11.2. The summed E-state index contributed by atoms with van der Waals surface area (Å²) in [5.41, 5.74) is -1.76. The fourth-order valence-electron chi connectivity index (χ4n) is 5.23. The molecule has 0 saturated carbocycles. The third-order valence-electron chi connectivity index (χ3n) is 6.85. The Morgan fingerprint density at radius 2 is 1.78 bits per heavy atom. The molecule has 0 radical (unpaired) electrons. The summed E-state index contributed by atoms with van der Waals surface area (Å²) in [6, 6.07) is 12.4. The van der Waals surface area contributed by atoms with Gasteiger partial charge in [0.2, 0.25) is 18.0 Å². The molecule has 0 bridgehead atoms. The van der Waals surface area contributed by atoms with E-state index in [1.165, 1.54) is 43.3 Å². The van der Waals surface area contributed by atoms with Gasteiger partial charge in [0.05, 0.1) is 28.9 Å². The summed E-state index contributed by atoms with van der Waals surface area (Å²) in [5.74, 6) is -4.73. The van der Waals surface area contributed by atoms with Crippen molar-refractivity contribution in [3.8, 4) is 0 Å². The number of ether oxygens (including phenoxy) is 1. The second-order valence-corrected chi connectivity index (χ2v) is 8.91. The normalized spacial score (nSPS) is 24.4. The lowest BCUT2D eigenvalue weighted by molar-refractivity contribution is -0.485. The van der Waals surface area contributed by atoms with Crippen LogP contribution in [0.1, 0.15) is 30.4 Å². The molecular formula is C24H23N3O9. The van der Waals surface area contributed by atoms with Gasteiger partial charge in [0, 0.05) is 23.5 Å². The topological polar surface area (TPSA) is 170 Å². The van der Waals surface area contributed by atoms with Crippen LogP contribution in [0, 0.1) is 26.1 Å². The van der Waals surface area contributed by atoms with Crippen molar-refractivity contribution in [2.45, 2.75) is 43.6 Å². The Labute approximate surface area is 204 Å². The van der Waals surface area contributed by atoms with Crippen LogP contribution < -0.4 is 0 Å². The zero-order valence-electron chi connectivity index (χ0n) is 19.2. The van der Waals surface area contributed by atoms with Crippen molar-refractivity contribution in [2.75, 3.05) is 6.54 Å². The van der Waals surface area contributed by atoms with Crippen molar-refractivity contribution < 1.29 is 34.1 Å². The zero-order valence-corrected chi connectivity index (χ0v) is 19.2. The van der Waals surface area contributed by atoms with Gasteiger partial charge in [-0.1, -0.05) is 30.3 Å². The Hall–Kier alpha value is -4.19. The number of carbonyl (C=O) groups excluding carboxylic acids is 3. The van der Waals surface area contributed by atoms with Crippen LogP contribution in [-0.4, -0.2) is 61.7 Å². The lowest BCUT2D eigenvalue weighted by Gasteiger charge is -2.51. The lowest BCUT2D eigenvalue weighted by Crippen LogP contribution is -2.72. The molecule has 2 aromatic carbocycles. The van der Waals surface area contributed by atoms with E-state index in [4.69, 9.17) is 4.74 Å². The predicted molar refractivity (Wildman–Crippen MR) is 122 cm³/mol. The summed E-state index contributed by atoms with van der Waals surface area (Å²) in [6.45, 7) is 0.208. The number of hydrogen-bond acceptors (Lipinski definition) is 9. The maximum absolute atomic E-state index is 13.7. The minimum absolute atomic E-state index is 0.166. The Morgan fingerprint density at radius 3 is 2.33 bits per heavy atom. The van der Waals surface area contributed by atoms with Gasteiger partial charge in [0.1, 0.15) is 6.61 Å². The van der Waals surface area contributed by atoms with E-state index in [9.17, 15) is 39.7 Å². The number of nitrogens with zero attached hydrogens (tertiary/aromatic N) is 3. The Balaban J connectivity index is 1.75. The van der Waals surface area contributed by atoms with E-state index in [2.05, 4.69) is 0 Å². The number of rotatable bonds is 9. The molecule has 2 saturated heterocycles. The maximum Gasteiger partial charge on any atom is 0.341 e. The van der Waals surface area contributed by atoms with E-state index < -0.39 is 63.6 Å². The molecule has 4 rings (SSSR count). The molecule has 1 amide bonds. The smallest absolute Gasteiger partial charge is 0.341 e. The fourth-order valence-corrected chi connectivity index (χ4v) is 5.23. The van der Waals surface area contributed by atoms with E-state index in [0.29, 0.717) is 11.1 Å². The van der Waals surface area contributed by atoms with Crippen LogP contribution in [-0.2, 0) is 25.7 Å². The van der Waals surface area contributed by atoms with Gasteiger partial charge in [0.15, 0.2) is 5.78 Å². The molecule has 2 fully saturated rings. The van der Waals surface area contributed by atoms with Crippen molar-refractivity contribution in [1.82, 2.24) is 4.90 Å². The van der Waals surface area contributed by atoms with Crippen molar-refractivity contribution in [3.05, 3.63) is 86.0 Å². The monoisotopic (exact) mass is 497 g/mol. The molecule has 0 aliphatic carbocycles. The molecular weight excluding hydrogens is 474 g/mol. The summed E-state index contributed by atoms with van der Waals surface area (Å²) in [5, 5.41) is 32.6. The van der Waals surface area contributed by atoms with Crippen LogP contribution in [0.3, 0.4) is 0 Å². The quantitative estimate of drug-likeness (QED) is 0.178. The number of aliphatic hydroxyl groups excluding tert-OH is 1. The molecule has 5 atom stereocenters. The largest absolute Gasteiger partial charge is 0.459 e. The van der Waals surface area contributed by atoms with Gasteiger partial charge >= 0.3 is 5.97 Å². The van der Waals surface area contributed by atoms with Gasteiger partial charge in [-0.3, -0.25) is 29.8 Å². The van der Waals surface area contributed by atoms with E-state index in [1.807, 2.05) is 0 Å². The van der Waals surface area contributed by atoms with Crippen molar-refractivity contribution in [1.29, 1.82) is 0 Å². The molecule has 2 aliphatic heterocycles. The van der Waals surface area contributed by atoms with Gasteiger partial charge in [-0.2, -0.15) is 0 Å². The average molecular weight is 497 g/mol. The number of ketones is 1. The number of carbonyl (C=O) groups is 3. The van der Waals surface area contributed by atoms with Gasteiger partial charge in [-0.25, -0.2) is 4.79 Å². The van der Waals surface area contributed by atoms with Gasteiger partial charge in [0.25, 0.3) is 5.69 Å². The van der Waals surface area contributed by atoms with Crippen LogP contribution in [0.2, 0.25) is 0 Å². The summed E-state index contributed by atoms with van der Waals surface area (Å²) in [6.07, 6.45) is -1.33. The molecule has 12 heteroatoms. The van der Waals surface area contributed by atoms with Crippen molar-refractivity contribution in [2.24, 2.45) is 5.92 Å². The minimum atomic E-state index is -2.29. The maximum atomic E-state index is 13.7. The van der Waals surface area contributed by atoms with Crippen molar-refractivity contribution >= 4 is 23.3 Å². The van der Waals surface area contributed by atoms with Crippen LogP contribution in [0.15, 0.2) is 54.6 Å². The molecule has 36 heavy (non-hydrogen) atoms. The molecule has 2 aromatic rings. The number of benzene rings is 2. The van der Waals surface area contributed by atoms with E-state index in [-0.39, 0.29) is 18.7 Å². The molecule has 2 aliphatic rings. The number of nitro benzene ring substituents is 1. The molecule has 2 heterocycles. The average Bonchev–Trinajstić information content (AvgIpc) is 3.10. The van der Waals surface area contributed by atoms with Crippen LogP contribution in [0.5, 0.6) is 0 Å². The van der Waals surface area contributed by atoms with E-state index in [0.717, 1.165) is 4.90 Å². The number of fused-ring (bicyclic) bond motifs is 1. The predicted octanol–water partition coefficient (Wildman–Crippen LogP) is 1.62. The van der Waals surface area contributed by atoms with Crippen LogP contribution >= 0.6 is 0 Å². The molecule has 0 aromatic heterocycles. The SMILES string of the molecule is C[C@@H](O)[C@H]1C(=O)N2[C@@H]1CC(=O)[C@]2(C(=O)OCc1ccc([N+](=O)[O-])cc1)[C@@H](C[N+](=O)[O-])c1ccccc1. The van der Waals surface area contributed by atoms with Crippen LogP contribution in [0.25, 0.3) is 0 Å². The first kappa shape index (κ1) is 24.9. The molecule has 0 spiro atoms. The minimum Gasteiger partial charge on any atom is -0.459 e. The van der Waals surface area contributed by atoms with Gasteiger partial charge in [-0.15, -0.1) is 0 Å². The zero-order chi connectivity index (χ0) is 26.2. The number of nitro groups is 2. The standard InChI is InChI=1S/C24H23N3O9/c1-14(28)21-19-11-20(29)24(26(19)22(21)30,18(12-25(32)33)16-5-3-2-4-6-16)23(31)36-13-15-7-9-17(10-8-15)27(34)35/h2-10,14,18-19,21,28H,11-13H2,1H3/t14-,18+,19-,21-,24+/m1/s1. The lowest BCUT2D eigenvalue weighted by atomic mass is 9.74. The number of hydrogen-bond donors (Lipinski definition) is 1. The Kier molecular flexibility index (Phi) is 6.55. The highest BCUT2D eigenvalue weighted by Crippen LogP contribution is 2.51. The van der Waals surface area contributed by atoms with E-state index in [1.54, 1.807) is 18.2 Å². The number of Topliss-reactive ketones (excluding diaryl/α,β-unsaturated/α-hetero) is 1. The number of non-ortho nitro benzene ring substituents is 1. The fraction of sp³-hybridized carbons (Fsp3) is 0.375. The Bertz CT molecular complexity index is 1220. The molecule has 0 unspecified atom stereocenters. The number of esters is 1. The summed E-state index contributed by atoms with van der Waals surface area (Å²) in [7, 11) is 0. The van der Waals surface area contributed by atoms with E-state index >= 15 is 0 Å². The highest BCUT2D eigenvalue weighted by atomic mass is 16.6. The number of amides is 1. The summed E-state index contributed by atoms with van der Waals surface area (Å²) in [4.78, 5) is 62.8. The highest BCUT2D eigenvalue weighted by molar-refractivity contribution is 6.16. The number of aliphatic hydroxyl groups is 1. The molecule has 1 N–H and O–H groups in total. The second-order valence-electron chi connectivity index (χ2n) is 8.91. The highest BCUT2D eigenvalue weighted by Gasteiger charge is 2.73. The van der Waals surface area contributed by atoms with Gasteiger partial charge < -0.3 is 14.7 Å². The van der Waals surface area contributed by atoms with Crippen LogP contribution in [0.4, 0.5) is 5.69 Å². The first-order chi connectivity index (χ1) is 17.1. The van der Waals surface area contributed by atoms with Gasteiger partial charge in [-0.05, 0) is 30.2 Å². The molecule has 12 nitrogen and oxygen atoms in total. The summed E-state index contributed by atoms with van der Waals surface area (Å²) < 4.78 is 5.46. The first-order valence-corrected chi connectivity index (χ1v) is 11.2. The second kappa shape index (κ2) is 9.46. The number of β-lactam (4-membered cyclic amide) rings is 1.